The van der Waals surface area contributed by atoms with Crippen LogP contribution in [0.4, 0.5) is 0 Å². The van der Waals surface area contributed by atoms with Crippen LogP contribution >= 0.6 is 0 Å². The van der Waals surface area contributed by atoms with Crippen LogP contribution in [0.3, 0.4) is 0 Å². The molecule has 1 N–H and O–H groups in total. The van der Waals surface area contributed by atoms with Crippen molar-refractivity contribution in [3.8, 4) is 0 Å². The maximum atomic E-state index is 11.3. The van der Waals surface area contributed by atoms with Crippen molar-refractivity contribution in [1.29, 1.82) is 0 Å². The fourth-order valence-electron chi connectivity index (χ4n) is 1.60. The summed E-state index contributed by atoms with van der Waals surface area (Å²) in [7, 11) is 0. The molecule has 3 nitrogen and oxygen atoms in total. The first kappa shape index (κ1) is 13.2. The van der Waals surface area contributed by atoms with Gasteiger partial charge in [0, 0.05) is 12.0 Å². The number of carbonyl (C=O) groups excluding carboxylic acids is 1. The van der Waals surface area contributed by atoms with Gasteiger partial charge in [0.1, 0.15) is 0 Å². The smallest absolute Gasteiger partial charge is 0.303 e. The van der Waals surface area contributed by atoms with Crippen LogP contribution in [-0.4, -0.2) is 16.9 Å². The van der Waals surface area contributed by atoms with Gasteiger partial charge in [0.2, 0.25) is 0 Å². The molecule has 1 rings (SSSR count). The van der Waals surface area contributed by atoms with E-state index in [-0.39, 0.29) is 18.1 Å². The highest BCUT2D eigenvalue weighted by Crippen LogP contribution is 2.21. The predicted molar refractivity (Wildman–Crippen MR) is 66.3 cm³/mol. The summed E-state index contributed by atoms with van der Waals surface area (Å²) in [6.45, 7) is 5.41. The average molecular weight is 232 g/mol. The molecule has 0 radical (unpaired) electrons. The Kier molecular flexibility index (Phi) is 4.64. The number of hydrogen-bond acceptors (Lipinski definition) is 2. The molecule has 1 aromatic rings. The SMILES string of the molecule is C=CC(=O)c1ccc(C(C)CCC(=O)O)cc1. The molecule has 0 saturated carbocycles. The Labute approximate surface area is 101 Å². The second-order valence-electron chi connectivity index (χ2n) is 4.02. The maximum absolute atomic E-state index is 11.3. The van der Waals surface area contributed by atoms with Gasteiger partial charge in [-0.05, 0) is 24.0 Å². The fourth-order valence-corrected chi connectivity index (χ4v) is 1.60. The molecule has 0 amide bonds. The molecule has 3 heteroatoms. The Balaban J connectivity index is 2.70. The van der Waals surface area contributed by atoms with Crippen molar-refractivity contribution in [3.05, 3.63) is 48.0 Å². The molecule has 1 atom stereocenters. The number of benzene rings is 1. The maximum Gasteiger partial charge on any atom is 0.303 e. The molecular formula is C14H16O3. The minimum atomic E-state index is -0.782. The summed E-state index contributed by atoms with van der Waals surface area (Å²) in [5.74, 6) is -0.705. The Hall–Kier alpha value is -1.90. The van der Waals surface area contributed by atoms with Crippen LogP contribution in [0.1, 0.15) is 41.6 Å². The van der Waals surface area contributed by atoms with Crippen LogP contribution in [0.15, 0.2) is 36.9 Å². The minimum absolute atomic E-state index is 0.102. The summed E-state index contributed by atoms with van der Waals surface area (Å²) in [5.41, 5.74) is 1.65. The number of carboxylic acid groups (broad SMARTS) is 1. The van der Waals surface area contributed by atoms with Crippen LogP contribution in [0.25, 0.3) is 0 Å². The molecule has 0 saturated heterocycles. The van der Waals surface area contributed by atoms with Crippen molar-refractivity contribution >= 4 is 11.8 Å². The van der Waals surface area contributed by atoms with Crippen molar-refractivity contribution in [1.82, 2.24) is 0 Å². The third kappa shape index (κ3) is 3.87. The number of carbonyl (C=O) groups is 2. The molecule has 0 bridgehead atoms. The zero-order valence-corrected chi connectivity index (χ0v) is 9.85. The highest BCUT2D eigenvalue weighted by atomic mass is 16.4. The summed E-state index contributed by atoms with van der Waals surface area (Å²) in [6, 6.07) is 7.22. The molecule has 0 aliphatic heterocycles. The second kappa shape index (κ2) is 5.99. The monoisotopic (exact) mass is 232 g/mol. The van der Waals surface area contributed by atoms with E-state index in [9.17, 15) is 9.59 Å². The molecule has 0 aromatic heterocycles. The molecule has 0 aliphatic carbocycles. The van der Waals surface area contributed by atoms with E-state index in [2.05, 4.69) is 6.58 Å². The Morgan fingerprint density at radius 3 is 2.41 bits per heavy atom. The predicted octanol–water partition coefficient (Wildman–Crippen LogP) is 3.02. The second-order valence-corrected chi connectivity index (χ2v) is 4.02. The van der Waals surface area contributed by atoms with Gasteiger partial charge < -0.3 is 5.11 Å². The van der Waals surface area contributed by atoms with E-state index in [1.807, 2.05) is 19.1 Å². The van der Waals surface area contributed by atoms with E-state index >= 15 is 0 Å². The van der Waals surface area contributed by atoms with Crippen molar-refractivity contribution < 1.29 is 14.7 Å². The molecule has 0 fully saturated rings. The number of rotatable bonds is 6. The van der Waals surface area contributed by atoms with E-state index in [0.717, 1.165) is 5.56 Å². The van der Waals surface area contributed by atoms with Gasteiger partial charge in [-0.2, -0.15) is 0 Å². The van der Waals surface area contributed by atoms with Gasteiger partial charge in [0.25, 0.3) is 0 Å². The van der Waals surface area contributed by atoms with Gasteiger partial charge in [0.05, 0.1) is 0 Å². The zero-order chi connectivity index (χ0) is 12.8. The highest BCUT2D eigenvalue weighted by molar-refractivity contribution is 6.04. The molecule has 0 aliphatic rings. The van der Waals surface area contributed by atoms with Gasteiger partial charge in [-0.3, -0.25) is 9.59 Å². The molecule has 17 heavy (non-hydrogen) atoms. The molecule has 1 unspecified atom stereocenters. The largest absolute Gasteiger partial charge is 0.481 e. The first-order valence-electron chi connectivity index (χ1n) is 5.53. The molecule has 0 heterocycles. The normalized spacial score (nSPS) is 11.8. The number of ketones is 1. The molecular weight excluding hydrogens is 216 g/mol. The van der Waals surface area contributed by atoms with Crippen LogP contribution in [0.5, 0.6) is 0 Å². The highest BCUT2D eigenvalue weighted by Gasteiger charge is 2.08. The van der Waals surface area contributed by atoms with Crippen LogP contribution < -0.4 is 0 Å². The van der Waals surface area contributed by atoms with Gasteiger partial charge in [-0.25, -0.2) is 0 Å². The minimum Gasteiger partial charge on any atom is -0.481 e. The Morgan fingerprint density at radius 2 is 1.94 bits per heavy atom. The quantitative estimate of drug-likeness (QED) is 0.606. The van der Waals surface area contributed by atoms with Crippen LogP contribution in [-0.2, 0) is 4.79 Å². The third-order valence-electron chi connectivity index (χ3n) is 2.74. The first-order chi connectivity index (χ1) is 8.04. The van der Waals surface area contributed by atoms with E-state index in [1.165, 1.54) is 6.08 Å². The molecule has 90 valence electrons. The summed E-state index contributed by atoms with van der Waals surface area (Å²) < 4.78 is 0. The number of hydrogen-bond donors (Lipinski definition) is 1. The average Bonchev–Trinajstić information content (AvgIpc) is 2.35. The van der Waals surface area contributed by atoms with Crippen molar-refractivity contribution in [2.24, 2.45) is 0 Å². The van der Waals surface area contributed by atoms with Crippen molar-refractivity contribution in [3.63, 3.8) is 0 Å². The standard InChI is InChI=1S/C14H16O3/c1-3-13(15)12-7-5-11(6-8-12)10(2)4-9-14(16)17/h3,5-8,10H,1,4,9H2,2H3,(H,16,17). The summed E-state index contributed by atoms with van der Waals surface area (Å²) in [4.78, 5) is 21.8. The van der Waals surface area contributed by atoms with Gasteiger partial charge in [0.15, 0.2) is 5.78 Å². The van der Waals surface area contributed by atoms with E-state index in [4.69, 9.17) is 5.11 Å². The number of allylic oxidation sites excluding steroid dienone is 1. The lowest BCUT2D eigenvalue weighted by Crippen LogP contribution is -2.01. The lowest BCUT2D eigenvalue weighted by atomic mass is 9.95. The lowest BCUT2D eigenvalue weighted by Gasteiger charge is -2.10. The lowest BCUT2D eigenvalue weighted by molar-refractivity contribution is -0.137. The van der Waals surface area contributed by atoms with E-state index in [1.54, 1.807) is 12.1 Å². The van der Waals surface area contributed by atoms with E-state index in [0.29, 0.717) is 12.0 Å². The summed E-state index contributed by atoms with van der Waals surface area (Å²) in [5, 5.41) is 8.60. The van der Waals surface area contributed by atoms with Gasteiger partial charge in [-0.1, -0.05) is 37.8 Å². The zero-order valence-electron chi connectivity index (χ0n) is 9.85. The number of aliphatic carboxylic acids is 1. The Morgan fingerprint density at radius 1 is 1.35 bits per heavy atom. The van der Waals surface area contributed by atoms with E-state index < -0.39 is 5.97 Å². The van der Waals surface area contributed by atoms with Gasteiger partial charge >= 0.3 is 5.97 Å². The van der Waals surface area contributed by atoms with Crippen molar-refractivity contribution in [2.75, 3.05) is 0 Å². The molecule has 1 aromatic carbocycles. The topological polar surface area (TPSA) is 54.4 Å². The first-order valence-corrected chi connectivity index (χ1v) is 5.53. The summed E-state index contributed by atoms with van der Waals surface area (Å²) in [6.07, 6.45) is 2.04. The van der Waals surface area contributed by atoms with Crippen LogP contribution in [0.2, 0.25) is 0 Å². The Bertz CT molecular complexity index is 418. The van der Waals surface area contributed by atoms with Crippen molar-refractivity contribution in [2.45, 2.75) is 25.7 Å². The summed E-state index contributed by atoms with van der Waals surface area (Å²) >= 11 is 0. The van der Waals surface area contributed by atoms with Gasteiger partial charge in [-0.15, -0.1) is 0 Å². The molecule has 0 spiro atoms. The third-order valence-corrected chi connectivity index (χ3v) is 2.74. The van der Waals surface area contributed by atoms with Crippen LogP contribution in [0, 0.1) is 0 Å². The number of carboxylic acids is 1. The fraction of sp³-hybridized carbons (Fsp3) is 0.286.